The lowest BCUT2D eigenvalue weighted by Gasteiger charge is -2.33. The van der Waals surface area contributed by atoms with Gasteiger partial charge in [0.1, 0.15) is 0 Å². The van der Waals surface area contributed by atoms with Crippen LogP contribution in [0.15, 0.2) is 22.8 Å². The lowest BCUT2D eigenvalue weighted by molar-refractivity contribution is -0.896. The highest BCUT2D eigenvalue weighted by Gasteiger charge is 2.28. The quantitative estimate of drug-likeness (QED) is 0.833. The Kier molecular flexibility index (Phi) is 5.56. The molecule has 1 saturated heterocycles. The highest BCUT2D eigenvalue weighted by molar-refractivity contribution is 5.91. The van der Waals surface area contributed by atoms with E-state index in [4.69, 9.17) is 4.42 Å². The predicted molar refractivity (Wildman–Crippen MR) is 89.7 cm³/mol. The second-order valence-electron chi connectivity index (χ2n) is 7.13. The second kappa shape index (κ2) is 7.83. The molecule has 0 bridgehead atoms. The molecule has 24 heavy (non-hydrogen) atoms. The molecule has 2 heterocycles. The number of hydrogen-bond donors (Lipinski definition) is 2. The summed E-state index contributed by atoms with van der Waals surface area (Å²) >= 11 is 0. The number of carbonyl (C=O) groups excluding carboxylic acids is 2. The lowest BCUT2D eigenvalue weighted by Crippen LogP contribution is -3.16. The smallest absolute Gasteiger partial charge is 0.289 e. The molecule has 0 unspecified atom stereocenters. The Balaban J connectivity index is 1.42. The Bertz CT molecular complexity index is 550. The first kappa shape index (κ1) is 17.0. The number of carbonyl (C=O) groups is 2. The lowest BCUT2D eigenvalue weighted by atomic mass is 9.86. The van der Waals surface area contributed by atoms with Crippen LogP contribution in [-0.4, -0.2) is 55.5 Å². The van der Waals surface area contributed by atoms with Crippen LogP contribution >= 0.6 is 0 Å². The van der Waals surface area contributed by atoms with Gasteiger partial charge in [-0.15, -0.1) is 0 Å². The fraction of sp³-hybridized carbons (Fsp3) is 0.667. The van der Waals surface area contributed by atoms with Gasteiger partial charge in [-0.1, -0.05) is 19.8 Å². The summed E-state index contributed by atoms with van der Waals surface area (Å²) in [7, 11) is 0. The topological polar surface area (TPSA) is 67.0 Å². The first-order valence-corrected chi connectivity index (χ1v) is 9.09. The van der Waals surface area contributed by atoms with Gasteiger partial charge >= 0.3 is 0 Å². The van der Waals surface area contributed by atoms with E-state index in [0.29, 0.717) is 37.4 Å². The van der Waals surface area contributed by atoms with Gasteiger partial charge in [-0.2, -0.15) is 0 Å². The van der Waals surface area contributed by atoms with Crippen LogP contribution in [0, 0.1) is 5.92 Å². The van der Waals surface area contributed by atoms with E-state index in [1.54, 1.807) is 12.1 Å². The van der Waals surface area contributed by atoms with Crippen molar-refractivity contribution in [2.75, 3.05) is 32.7 Å². The van der Waals surface area contributed by atoms with Crippen LogP contribution in [0.3, 0.4) is 0 Å². The summed E-state index contributed by atoms with van der Waals surface area (Å²) in [6.45, 7) is 5.69. The second-order valence-corrected chi connectivity index (χ2v) is 7.13. The maximum atomic E-state index is 12.3. The fourth-order valence-corrected chi connectivity index (χ4v) is 3.77. The monoisotopic (exact) mass is 334 g/mol. The number of piperazine rings is 1. The van der Waals surface area contributed by atoms with E-state index in [2.05, 4.69) is 12.2 Å². The zero-order chi connectivity index (χ0) is 16.9. The summed E-state index contributed by atoms with van der Waals surface area (Å²) in [5.74, 6) is 1.07. The van der Waals surface area contributed by atoms with Crippen molar-refractivity contribution >= 4 is 11.8 Å². The Morgan fingerprint density at radius 3 is 2.71 bits per heavy atom. The highest BCUT2D eigenvalue weighted by atomic mass is 16.3. The average molecular weight is 334 g/mol. The molecule has 6 heteroatoms. The van der Waals surface area contributed by atoms with Crippen molar-refractivity contribution in [1.29, 1.82) is 0 Å². The molecule has 2 N–H and O–H groups in total. The minimum absolute atomic E-state index is 0.0560. The van der Waals surface area contributed by atoms with E-state index in [1.165, 1.54) is 30.4 Å². The number of hydrogen-bond acceptors (Lipinski definition) is 3. The standard InChI is InChI=1S/C18H27N3O3/c1-14-5-2-3-6-15(14)19-17(22)13-20-8-10-21(11-9-20)18(23)16-7-4-12-24-16/h4,7,12,14-15H,2-3,5-6,8-11,13H2,1H3,(H,19,22)/p+1/t14-,15+/m0/s1. The highest BCUT2D eigenvalue weighted by Crippen LogP contribution is 2.23. The van der Waals surface area contributed by atoms with Crippen molar-refractivity contribution in [3.63, 3.8) is 0 Å². The summed E-state index contributed by atoms with van der Waals surface area (Å²) in [6, 6.07) is 3.76. The molecule has 2 amide bonds. The Morgan fingerprint density at radius 1 is 1.29 bits per heavy atom. The molecule has 2 atom stereocenters. The molecule has 1 saturated carbocycles. The van der Waals surface area contributed by atoms with Gasteiger partial charge in [-0.3, -0.25) is 9.59 Å². The normalized spacial score (nSPS) is 25.5. The van der Waals surface area contributed by atoms with Crippen LogP contribution in [0.4, 0.5) is 0 Å². The molecule has 1 aliphatic carbocycles. The van der Waals surface area contributed by atoms with E-state index >= 15 is 0 Å². The van der Waals surface area contributed by atoms with Crippen LogP contribution in [-0.2, 0) is 4.79 Å². The molecule has 6 nitrogen and oxygen atoms in total. The molecule has 2 aliphatic rings. The average Bonchev–Trinajstić information content (AvgIpc) is 3.11. The van der Waals surface area contributed by atoms with Crippen molar-refractivity contribution in [2.24, 2.45) is 5.92 Å². The summed E-state index contributed by atoms with van der Waals surface area (Å²) in [5.41, 5.74) is 0. The zero-order valence-electron chi connectivity index (χ0n) is 14.4. The van der Waals surface area contributed by atoms with Crippen molar-refractivity contribution in [3.8, 4) is 0 Å². The van der Waals surface area contributed by atoms with Crippen LogP contribution in [0.2, 0.25) is 0 Å². The van der Waals surface area contributed by atoms with Gasteiger partial charge in [0, 0.05) is 6.04 Å². The number of nitrogens with one attached hydrogen (secondary N) is 2. The van der Waals surface area contributed by atoms with Crippen LogP contribution in [0.25, 0.3) is 0 Å². The molecular weight excluding hydrogens is 306 g/mol. The molecular formula is C18H28N3O3+. The van der Waals surface area contributed by atoms with Gasteiger partial charge in [0.2, 0.25) is 0 Å². The van der Waals surface area contributed by atoms with Crippen molar-refractivity contribution in [3.05, 3.63) is 24.2 Å². The van der Waals surface area contributed by atoms with Crippen LogP contribution < -0.4 is 10.2 Å². The Morgan fingerprint density at radius 2 is 2.04 bits per heavy atom. The number of nitrogens with zero attached hydrogens (tertiary/aromatic N) is 1. The van der Waals surface area contributed by atoms with Crippen molar-refractivity contribution < 1.29 is 18.9 Å². The van der Waals surface area contributed by atoms with E-state index < -0.39 is 0 Å². The van der Waals surface area contributed by atoms with E-state index in [1.807, 2.05) is 4.90 Å². The van der Waals surface area contributed by atoms with Crippen molar-refractivity contribution in [1.82, 2.24) is 10.2 Å². The first-order valence-electron chi connectivity index (χ1n) is 9.09. The number of furan rings is 1. The van der Waals surface area contributed by atoms with E-state index in [0.717, 1.165) is 19.5 Å². The summed E-state index contributed by atoms with van der Waals surface area (Å²) in [6.07, 6.45) is 6.34. The maximum Gasteiger partial charge on any atom is 0.289 e. The number of amides is 2. The number of quaternary nitrogens is 1. The molecule has 1 aliphatic heterocycles. The molecule has 132 valence electrons. The largest absolute Gasteiger partial charge is 0.459 e. The number of rotatable bonds is 4. The van der Waals surface area contributed by atoms with Gasteiger partial charge in [-0.25, -0.2) is 0 Å². The van der Waals surface area contributed by atoms with Gasteiger partial charge in [-0.05, 0) is 30.9 Å². The molecule has 1 aromatic rings. The first-order chi connectivity index (χ1) is 11.6. The van der Waals surface area contributed by atoms with Crippen molar-refractivity contribution in [2.45, 2.75) is 38.6 Å². The minimum Gasteiger partial charge on any atom is -0.459 e. The molecule has 0 aromatic carbocycles. The predicted octanol–water partition coefficient (Wildman–Crippen LogP) is 0.315. The molecule has 3 rings (SSSR count). The molecule has 2 fully saturated rings. The fourth-order valence-electron chi connectivity index (χ4n) is 3.77. The summed E-state index contributed by atoms with van der Waals surface area (Å²) in [5, 5.41) is 3.22. The molecule has 0 spiro atoms. The summed E-state index contributed by atoms with van der Waals surface area (Å²) in [4.78, 5) is 27.6. The Hall–Kier alpha value is -1.82. The van der Waals surface area contributed by atoms with Crippen LogP contribution in [0.1, 0.15) is 43.2 Å². The molecule has 0 radical (unpaired) electrons. The maximum absolute atomic E-state index is 12.3. The third-order valence-electron chi connectivity index (χ3n) is 5.36. The Labute approximate surface area is 143 Å². The molecule has 1 aromatic heterocycles. The minimum atomic E-state index is -0.0560. The summed E-state index contributed by atoms with van der Waals surface area (Å²) < 4.78 is 5.17. The van der Waals surface area contributed by atoms with Gasteiger partial charge in [0.05, 0.1) is 32.4 Å². The van der Waals surface area contributed by atoms with Gasteiger partial charge in [0.25, 0.3) is 11.8 Å². The zero-order valence-corrected chi connectivity index (χ0v) is 14.4. The third kappa shape index (κ3) is 4.17. The van der Waals surface area contributed by atoms with Crippen LogP contribution in [0.5, 0.6) is 0 Å². The van der Waals surface area contributed by atoms with Gasteiger partial charge < -0.3 is 19.5 Å². The SMILES string of the molecule is C[C@H]1CCCC[C@H]1NC(=O)C[NH+]1CCN(C(=O)c2ccco2)CC1. The van der Waals surface area contributed by atoms with E-state index in [-0.39, 0.29) is 11.8 Å². The third-order valence-corrected chi connectivity index (χ3v) is 5.36. The van der Waals surface area contributed by atoms with Gasteiger partial charge in [0.15, 0.2) is 12.3 Å². The van der Waals surface area contributed by atoms with E-state index in [9.17, 15) is 9.59 Å².